The number of hydrogen-bond donors (Lipinski definition) is 1. The average molecular weight is 144 g/mol. The van der Waals surface area contributed by atoms with Crippen LogP contribution in [0.4, 0.5) is 0 Å². The number of rotatable bonds is 3. The van der Waals surface area contributed by atoms with Crippen LogP contribution >= 0.6 is 12.2 Å². The topological polar surface area (TPSA) is 12.0 Å². The van der Waals surface area contributed by atoms with Crippen molar-refractivity contribution in [2.75, 3.05) is 6.54 Å². The Labute approximate surface area is 62.8 Å². The molecule has 0 aromatic rings. The molecule has 0 aromatic carbocycles. The predicted molar refractivity (Wildman–Crippen MR) is 44.7 cm³/mol. The third-order valence-electron chi connectivity index (χ3n) is 1.07. The van der Waals surface area contributed by atoms with Gasteiger partial charge in [-0.3, -0.25) is 0 Å². The summed E-state index contributed by atoms with van der Waals surface area (Å²) < 4.78 is 0. The normalized spacial score (nSPS) is 11.0. The molecule has 2 heteroatoms. The van der Waals surface area contributed by atoms with Crippen molar-refractivity contribution >= 4 is 17.7 Å². The Morgan fingerprint density at radius 3 is 2.33 bits per heavy atom. The molecule has 9 heavy (non-hydrogen) atoms. The van der Waals surface area contributed by atoms with E-state index in [0.29, 0.717) is 5.41 Å². The smallest absolute Gasteiger partial charge is 0.134 e. The zero-order valence-corrected chi connectivity index (χ0v) is 7.14. The average Bonchev–Trinajstić information content (AvgIpc) is 1.63. The van der Waals surface area contributed by atoms with Gasteiger partial charge in [-0.15, -0.1) is 0 Å². The van der Waals surface area contributed by atoms with Crippen LogP contribution in [-0.2, 0) is 0 Å². The van der Waals surface area contributed by atoms with Crippen molar-refractivity contribution < 1.29 is 0 Å². The molecule has 1 nitrogen and oxygen atoms in total. The molecule has 0 fully saturated rings. The van der Waals surface area contributed by atoms with E-state index in [9.17, 15) is 0 Å². The van der Waals surface area contributed by atoms with Crippen molar-refractivity contribution in [3.63, 3.8) is 0 Å². The first-order valence-corrected chi connectivity index (χ1v) is 3.57. The Bertz CT molecular complexity index is 83.4. The van der Waals surface area contributed by atoms with E-state index in [-0.39, 0.29) is 0 Å². The van der Waals surface area contributed by atoms with Crippen LogP contribution < -0.4 is 5.32 Å². The zero-order valence-electron chi connectivity index (χ0n) is 6.32. The monoisotopic (exact) mass is 144 g/mol. The van der Waals surface area contributed by atoms with Crippen LogP contribution in [-0.4, -0.2) is 12.0 Å². The fraction of sp³-hybridized carbons (Fsp3) is 0.857. The summed E-state index contributed by atoms with van der Waals surface area (Å²) in [7, 11) is 0. The molecule has 0 spiro atoms. The number of thiocarbonyl (C=S) groups is 1. The van der Waals surface area contributed by atoms with Crippen LogP contribution in [0.15, 0.2) is 0 Å². The standard InChI is InChI=1S/C7H14NS/c1-7(2,3)4-5-8-6-9/h4-5H2,1-3H3,(H,8,9). The van der Waals surface area contributed by atoms with E-state index in [1.165, 1.54) is 0 Å². The molecule has 0 aliphatic heterocycles. The lowest BCUT2D eigenvalue weighted by Crippen LogP contribution is -2.17. The van der Waals surface area contributed by atoms with Crippen LogP contribution in [0.2, 0.25) is 0 Å². The van der Waals surface area contributed by atoms with E-state index in [2.05, 4.69) is 43.8 Å². The van der Waals surface area contributed by atoms with Gasteiger partial charge in [-0.25, -0.2) is 0 Å². The van der Waals surface area contributed by atoms with Gasteiger partial charge in [-0.05, 0) is 11.8 Å². The van der Waals surface area contributed by atoms with Crippen molar-refractivity contribution in [2.24, 2.45) is 5.41 Å². The maximum absolute atomic E-state index is 4.48. The zero-order chi connectivity index (χ0) is 7.33. The SMILES string of the molecule is CC(C)(C)CCN[C]=S. The maximum atomic E-state index is 4.48. The second-order valence-electron chi connectivity index (χ2n) is 3.34. The van der Waals surface area contributed by atoms with Crippen LogP contribution in [0.25, 0.3) is 0 Å². The Kier molecular flexibility index (Phi) is 3.78. The second-order valence-corrected chi connectivity index (χ2v) is 3.54. The van der Waals surface area contributed by atoms with E-state index in [1.807, 2.05) is 0 Å². The first-order valence-electron chi connectivity index (χ1n) is 3.16. The third kappa shape index (κ3) is 7.89. The predicted octanol–water partition coefficient (Wildman–Crippen LogP) is 1.85. The van der Waals surface area contributed by atoms with Gasteiger partial charge < -0.3 is 5.32 Å². The molecule has 53 valence electrons. The molecule has 1 N–H and O–H groups in total. The van der Waals surface area contributed by atoms with Gasteiger partial charge in [-0.1, -0.05) is 33.0 Å². The Morgan fingerprint density at radius 2 is 2.00 bits per heavy atom. The van der Waals surface area contributed by atoms with Gasteiger partial charge in [0.15, 0.2) is 0 Å². The van der Waals surface area contributed by atoms with E-state index < -0.39 is 0 Å². The van der Waals surface area contributed by atoms with Gasteiger partial charge in [0.2, 0.25) is 0 Å². The lowest BCUT2D eigenvalue weighted by molar-refractivity contribution is 0.379. The highest BCUT2D eigenvalue weighted by molar-refractivity contribution is 7.78. The summed E-state index contributed by atoms with van der Waals surface area (Å²) in [6.07, 6.45) is 1.14. The van der Waals surface area contributed by atoms with E-state index in [1.54, 1.807) is 0 Å². The van der Waals surface area contributed by atoms with Gasteiger partial charge >= 0.3 is 0 Å². The minimum atomic E-state index is 0.402. The molecule has 0 aromatic heterocycles. The van der Waals surface area contributed by atoms with Gasteiger partial charge in [0, 0.05) is 6.54 Å². The van der Waals surface area contributed by atoms with Crippen molar-refractivity contribution in [3.8, 4) is 0 Å². The molecule has 0 saturated heterocycles. The molecule has 0 aliphatic carbocycles. The fourth-order valence-corrected chi connectivity index (χ4v) is 0.591. The maximum Gasteiger partial charge on any atom is 0.134 e. The minimum absolute atomic E-state index is 0.402. The molecule has 0 heterocycles. The molecule has 0 aliphatic rings. The summed E-state index contributed by atoms with van der Waals surface area (Å²) in [5.74, 6) is 0. The largest absolute Gasteiger partial charge is 0.374 e. The highest BCUT2D eigenvalue weighted by Gasteiger charge is 2.07. The van der Waals surface area contributed by atoms with Gasteiger partial charge in [0.25, 0.3) is 0 Å². The molecule has 0 atom stereocenters. The van der Waals surface area contributed by atoms with Gasteiger partial charge in [0.05, 0.1) is 0 Å². The second kappa shape index (κ2) is 3.83. The van der Waals surface area contributed by atoms with E-state index in [0.717, 1.165) is 13.0 Å². The summed E-state index contributed by atoms with van der Waals surface area (Å²) in [5, 5.41) is 2.87. The molecule has 0 amide bonds. The van der Waals surface area contributed by atoms with Gasteiger partial charge in [-0.2, -0.15) is 0 Å². The summed E-state index contributed by atoms with van der Waals surface area (Å²) >= 11 is 4.48. The molecule has 0 rings (SSSR count). The fourth-order valence-electron chi connectivity index (χ4n) is 0.489. The van der Waals surface area contributed by atoms with E-state index in [4.69, 9.17) is 0 Å². The van der Waals surface area contributed by atoms with Crippen LogP contribution in [0.3, 0.4) is 0 Å². The minimum Gasteiger partial charge on any atom is -0.374 e. The first kappa shape index (κ1) is 8.89. The van der Waals surface area contributed by atoms with Crippen molar-refractivity contribution in [1.29, 1.82) is 0 Å². The molecule has 0 saturated carbocycles. The van der Waals surface area contributed by atoms with E-state index >= 15 is 0 Å². The molecule has 0 unspecified atom stereocenters. The molecule has 1 radical (unpaired) electrons. The third-order valence-corrected chi connectivity index (χ3v) is 1.22. The lowest BCUT2D eigenvalue weighted by Gasteiger charge is -2.16. The molecular weight excluding hydrogens is 130 g/mol. The summed E-state index contributed by atoms with van der Waals surface area (Å²) in [6, 6.07) is 0. The summed E-state index contributed by atoms with van der Waals surface area (Å²) in [4.78, 5) is 0. The quantitative estimate of drug-likeness (QED) is 0.368. The number of nitrogens with one attached hydrogen (secondary N) is 1. The highest BCUT2D eigenvalue weighted by Crippen LogP contribution is 2.16. The Morgan fingerprint density at radius 1 is 1.44 bits per heavy atom. The van der Waals surface area contributed by atoms with Gasteiger partial charge in [0.1, 0.15) is 5.49 Å². The van der Waals surface area contributed by atoms with Crippen LogP contribution in [0.1, 0.15) is 27.2 Å². The summed E-state index contributed by atoms with van der Waals surface area (Å²) in [5.41, 5.74) is 2.88. The Hall–Kier alpha value is -0.110. The Balaban J connectivity index is 3.17. The van der Waals surface area contributed by atoms with Crippen LogP contribution in [0, 0.1) is 5.41 Å². The first-order chi connectivity index (χ1) is 4.06. The van der Waals surface area contributed by atoms with Crippen molar-refractivity contribution in [3.05, 3.63) is 0 Å². The van der Waals surface area contributed by atoms with Crippen LogP contribution in [0.5, 0.6) is 0 Å². The van der Waals surface area contributed by atoms with Crippen molar-refractivity contribution in [2.45, 2.75) is 27.2 Å². The molecule has 0 bridgehead atoms. The summed E-state index contributed by atoms with van der Waals surface area (Å²) in [6.45, 7) is 7.56. The number of hydrogen-bond acceptors (Lipinski definition) is 1. The van der Waals surface area contributed by atoms with Crippen molar-refractivity contribution in [1.82, 2.24) is 5.32 Å². The molecular formula is C7H14NS. The highest BCUT2D eigenvalue weighted by atomic mass is 32.1. The lowest BCUT2D eigenvalue weighted by atomic mass is 9.92.